The van der Waals surface area contributed by atoms with Crippen LogP contribution in [0.3, 0.4) is 0 Å². The number of benzene rings is 1. The van der Waals surface area contributed by atoms with E-state index >= 15 is 0 Å². The second-order valence-electron chi connectivity index (χ2n) is 4.76. The molecule has 1 N–H and O–H groups in total. The Morgan fingerprint density at radius 1 is 1.21 bits per heavy atom. The minimum atomic E-state index is -0.791. The molecule has 1 aromatic carbocycles. The van der Waals surface area contributed by atoms with Crippen molar-refractivity contribution in [2.24, 2.45) is 0 Å². The van der Waals surface area contributed by atoms with Crippen LogP contribution in [0.4, 0.5) is 0 Å². The van der Waals surface area contributed by atoms with Crippen molar-refractivity contribution in [2.75, 3.05) is 7.11 Å². The van der Waals surface area contributed by atoms with Crippen molar-refractivity contribution in [1.82, 2.24) is 9.97 Å². The van der Waals surface area contributed by atoms with Crippen LogP contribution in [0.25, 0.3) is 0 Å². The predicted molar refractivity (Wildman–Crippen MR) is 71.1 cm³/mol. The molecule has 4 heteroatoms. The summed E-state index contributed by atoms with van der Waals surface area (Å²) in [6.07, 6.45) is 4.73. The summed E-state index contributed by atoms with van der Waals surface area (Å²) in [5.41, 5.74) is 2.59. The molecule has 1 aliphatic rings. The van der Waals surface area contributed by atoms with Crippen LogP contribution < -0.4 is 4.74 Å². The molecule has 1 aliphatic carbocycles. The van der Waals surface area contributed by atoms with E-state index in [0.29, 0.717) is 17.5 Å². The lowest BCUT2D eigenvalue weighted by atomic mass is 9.97. The number of methoxy groups -OCH3 is 1. The number of aliphatic hydroxyl groups is 1. The summed E-state index contributed by atoms with van der Waals surface area (Å²) < 4.78 is 5.17. The van der Waals surface area contributed by atoms with E-state index in [1.165, 1.54) is 25.5 Å². The molecule has 2 aromatic rings. The Morgan fingerprint density at radius 2 is 1.95 bits per heavy atom. The monoisotopic (exact) mass is 256 g/mol. The first-order valence-corrected chi connectivity index (χ1v) is 6.43. The molecule has 1 atom stereocenters. The third kappa shape index (κ3) is 2.31. The highest BCUT2D eigenvalue weighted by molar-refractivity contribution is 5.39. The molecule has 1 aromatic heterocycles. The quantitative estimate of drug-likeness (QED) is 0.913. The van der Waals surface area contributed by atoms with Crippen LogP contribution in [0.1, 0.15) is 41.7 Å². The fourth-order valence-corrected chi connectivity index (χ4v) is 2.35. The highest BCUT2D eigenvalue weighted by atomic mass is 16.5. The van der Waals surface area contributed by atoms with E-state index < -0.39 is 6.10 Å². The van der Waals surface area contributed by atoms with Crippen molar-refractivity contribution >= 4 is 0 Å². The van der Waals surface area contributed by atoms with Crippen LogP contribution in [0, 0.1) is 0 Å². The summed E-state index contributed by atoms with van der Waals surface area (Å²) in [5.74, 6) is 0.953. The average molecular weight is 256 g/mol. The second-order valence-corrected chi connectivity index (χ2v) is 4.76. The van der Waals surface area contributed by atoms with Crippen LogP contribution in [0.15, 0.2) is 36.7 Å². The van der Waals surface area contributed by atoms with Gasteiger partial charge in [-0.3, -0.25) is 4.98 Å². The Bertz CT molecular complexity index is 582. The lowest BCUT2D eigenvalue weighted by molar-refractivity contribution is 0.206. The third-order valence-corrected chi connectivity index (χ3v) is 3.45. The molecule has 19 heavy (non-hydrogen) atoms. The van der Waals surface area contributed by atoms with Crippen molar-refractivity contribution in [3.05, 3.63) is 53.5 Å². The molecule has 0 radical (unpaired) electrons. The van der Waals surface area contributed by atoms with E-state index in [4.69, 9.17) is 4.74 Å². The molecule has 4 nitrogen and oxygen atoms in total. The Hall–Kier alpha value is -1.94. The van der Waals surface area contributed by atoms with E-state index in [9.17, 15) is 5.11 Å². The standard InChI is InChI=1S/C15H16N2O2/c1-19-15-13(16-8-9-17-15)14(18)12-5-3-2-4-11(12)10-6-7-10/h2-5,8-10,14,18H,6-7H2,1H3. The van der Waals surface area contributed by atoms with Crippen molar-refractivity contribution in [2.45, 2.75) is 24.9 Å². The van der Waals surface area contributed by atoms with Gasteiger partial charge in [0.15, 0.2) is 0 Å². The summed E-state index contributed by atoms with van der Waals surface area (Å²) in [5, 5.41) is 10.6. The fraction of sp³-hybridized carbons (Fsp3) is 0.333. The van der Waals surface area contributed by atoms with Crippen LogP contribution in [0.5, 0.6) is 5.88 Å². The van der Waals surface area contributed by atoms with E-state index in [2.05, 4.69) is 16.0 Å². The van der Waals surface area contributed by atoms with Crippen molar-refractivity contribution in [3.63, 3.8) is 0 Å². The van der Waals surface area contributed by atoms with E-state index in [0.717, 1.165) is 5.56 Å². The molecule has 1 heterocycles. The number of aromatic nitrogens is 2. The smallest absolute Gasteiger partial charge is 0.238 e. The Kier molecular flexibility index (Phi) is 3.17. The zero-order valence-electron chi connectivity index (χ0n) is 10.8. The topological polar surface area (TPSA) is 55.2 Å². The molecule has 98 valence electrons. The Morgan fingerprint density at radius 3 is 2.68 bits per heavy atom. The summed E-state index contributed by atoms with van der Waals surface area (Å²) >= 11 is 0. The molecule has 1 fully saturated rings. The summed E-state index contributed by atoms with van der Waals surface area (Å²) in [7, 11) is 1.53. The van der Waals surface area contributed by atoms with Crippen molar-refractivity contribution < 1.29 is 9.84 Å². The summed E-state index contributed by atoms with van der Waals surface area (Å²) in [6.45, 7) is 0. The van der Waals surface area contributed by atoms with Gasteiger partial charge < -0.3 is 9.84 Å². The van der Waals surface area contributed by atoms with Gasteiger partial charge in [-0.15, -0.1) is 0 Å². The normalized spacial score (nSPS) is 16.1. The van der Waals surface area contributed by atoms with Crippen molar-refractivity contribution in [3.8, 4) is 5.88 Å². The van der Waals surface area contributed by atoms with Gasteiger partial charge in [0.1, 0.15) is 11.8 Å². The molecule has 1 unspecified atom stereocenters. The van der Waals surface area contributed by atoms with Gasteiger partial charge >= 0.3 is 0 Å². The van der Waals surface area contributed by atoms with E-state index in [1.807, 2.05) is 18.2 Å². The lowest BCUT2D eigenvalue weighted by Crippen LogP contribution is -2.08. The van der Waals surface area contributed by atoms with Gasteiger partial charge in [-0.2, -0.15) is 0 Å². The van der Waals surface area contributed by atoms with E-state index in [1.54, 1.807) is 12.4 Å². The van der Waals surface area contributed by atoms with Crippen LogP contribution in [0.2, 0.25) is 0 Å². The number of hydrogen-bond donors (Lipinski definition) is 1. The molecule has 0 spiro atoms. The SMILES string of the molecule is COc1nccnc1C(O)c1ccccc1C1CC1. The first kappa shape index (κ1) is 12.1. The maximum absolute atomic E-state index is 10.6. The minimum absolute atomic E-state index is 0.376. The molecule has 0 amide bonds. The molecular formula is C15H16N2O2. The maximum atomic E-state index is 10.6. The number of aliphatic hydroxyl groups excluding tert-OH is 1. The van der Waals surface area contributed by atoms with Gasteiger partial charge in [0.05, 0.1) is 7.11 Å². The number of ether oxygens (including phenoxy) is 1. The zero-order valence-corrected chi connectivity index (χ0v) is 10.8. The molecule has 3 rings (SSSR count). The van der Waals surface area contributed by atoms with Crippen LogP contribution >= 0.6 is 0 Å². The predicted octanol–water partition coefficient (Wildman–Crippen LogP) is 2.44. The molecule has 0 aliphatic heterocycles. The van der Waals surface area contributed by atoms with Gasteiger partial charge in [0.2, 0.25) is 5.88 Å². The van der Waals surface area contributed by atoms with Crippen LogP contribution in [-0.2, 0) is 0 Å². The van der Waals surface area contributed by atoms with Gasteiger partial charge in [0.25, 0.3) is 0 Å². The summed E-state index contributed by atoms with van der Waals surface area (Å²) in [6, 6.07) is 7.98. The zero-order chi connectivity index (χ0) is 13.2. The average Bonchev–Trinajstić information content (AvgIpc) is 3.31. The first-order valence-electron chi connectivity index (χ1n) is 6.43. The van der Waals surface area contributed by atoms with Gasteiger partial charge in [-0.1, -0.05) is 24.3 Å². The van der Waals surface area contributed by atoms with E-state index in [-0.39, 0.29) is 0 Å². The highest BCUT2D eigenvalue weighted by Gasteiger charge is 2.29. The highest BCUT2D eigenvalue weighted by Crippen LogP contribution is 2.44. The first-order chi connectivity index (χ1) is 9.31. The molecule has 0 bridgehead atoms. The second kappa shape index (κ2) is 4.97. The van der Waals surface area contributed by atoms with Crippen LogP contribution in [-0.4, -0.2) is 22.2 Å². The lowest BCUT2D eigenvalue weighted by Gasteiger charge is -2.16. The molecule has 1 saturated carbocycles. The Balaban J connectivity index is 2.01. The van der Waals surface area contributed by atoms with Gasteiger partial charge in [-0.05, 0) is 29.9 Å². The Labute approximate surface area is 112 Å². The maximum Gasteiger partial charge on any atom is 0.238 e. The molecular weight excluding hydrogens is 240 g/mol. The minimum Gasteiger partial charge on any atom is -0.480 e. The third-order valence-electron chi connectivity index (χ3n) is 3.45. The van der Waals surface area contributed by atoms with Crippen molar-refractivity contribution in [1.29, 1.82) is 0 Å². The van der Waals surface area contributed by atoms with Gasteiger partial charge in [-0.25, -0.2) is 4.98 Å². The number of rotatable bonds is 4. The fourth-order valence-electron chi connectivity index (χ4n) is 2.35. The van der Waals surface area contributed by atoms with Gasteiger partial charge in [0, 0.05) is 12.4 Å². The molecule has 0 saturated heterocycles. The summed E-state index contributed by atoms with van der Waals surface area (Å²) in [4.78, 5) is 8.30. The number of nitrogens with zero attached hydrogens (tertiary/aromatic N) is 2. The largest absolute Gasteiger partial charge is 0.480 e. The number of hydrogen-bond acceptors (Lipinski definition) is 4.